The number of piperazine rings is 1. The van der Waals surface area contributed by atoms with Gasteiger partial charge in [-0.2, -0.15) is 0 Å². The zero-order valence-corrected chi connectivity index (χ0v) is 12.2. The number of hydrogen-bond acceptors (Lipinski definition) is 4. The Morgan fingerprint density at radius 3 is 2.84 bits per heavy atom. The highest BCUT2D eigenvalue weighted by Crippen LogP contribution is 2.23. The first-order valence-electron chi connectivity index (χ1n) is 6.13. The predicted octanol–water partition coefficient (Wildman–Crippen LogP) is 1.27. The van der Waals surface area contributed by atoms with Gasteiger partial charge in [-0.3, -0.25) is 19.8 Å². The zero-order chi connectivity index (χ0) is 14.0. The lowest BCUT2D eigenvalue weighted by Crippen LogP contribution is -2.57. The number of carbonyl (C=O) groups is 2. The zero-order valence-electron chi connectivity index (χ0n) is 10.6. The van der Waals surface area contributed by atoms with E-state index in [0.717, 1.165) is 10.0 Å². The van der Waals surface area contributed by atoms with Crippen molar-refractivity contribution in [2.75, 3.05) is 12.3 Å². The first-order chi connectivity index (χ1) is 9.01. The largest absolute Gasteiger partial charge is 0.399 e. The summed E-state index contributed by atoms with van der Waals surface area (Å²) in [6.07, 6.45) is 0.672. The van der Waals surface area contributed by atoms with Crippen molar-refractivity contribution in [1.82, 2.24) is 10.2 Å². The van der Waals surface area contributed by atoms with Crippen LogP contribution in [-0.2, 0) is 16.1 Å². The second kappa shape index (κ2) is 5.71. The number of anilines is 1. The molecule has 1 fully saturated rings. The van der Waals surface area contributed by atoms with Gasteiger partial charge in [-0.1, -0.05) is 28.9 Å². The summed E-state index contributed by atoms with van der Waals surface area (Å²) in [4.78, 5) is 25.1. The molecule has 0 bridgehead atoms. The maximum absolute atomic E-state index is 11.8. The first kappa shape index (κ1) is 14.0. The molecule has 3 N–H and O–H groups in total. The summed E-state index contributed by atoms with van der Waals surface area (Å²) in [6, 6.07) is 5.28. The monoisotopic (exact) mass is 325 g/mol. The van der Waals surface area contributed by atoms with Crippen LogP contribution in [0.3, 0.4) is 0 Å². The number of benzene rings is 1. The fraction of sp³-hybridized carbons (Fsp3) is 0.385. The molecule has 2 amide bonds. The van der Waals surface area contributed by atoms with E-state index in [1.165, 1.54) is 0 Å². The molecule has 1 aromatic rings. The minimum Gasteiger partial charge on any atom is -0.399 e. The predicted molar refractivity (Wildman–Crippen MR) is 76.2 cm³/mol. The summed E-state index contributed by atoms with van der Waals surface area (Å²) in [5.74, 6) is -0.466. The van der Waals surface area contributed by atoms with E-state index in [0.29, 0.717) is 18.7 Å². The molecule has 5 nitrogen and oxygen atoms in total. The Labute approximate surface area is 120 Å². The average Bonchev–Trinajstić information content (AvgIpc) is 2.32. The molecule has 0 saturated carbocycles. The third kappa shape index (κ3) is 3.13. The van der Waals surface area contributed by atoms with Crippen LogP contribution in [0.5, 0.6) is 0 Å². The minimum absolute atomic E-state index is 0.217. The standard InChI is InChI=1S/C13H16BrN3O2/c1-2-11-13(19)16-12(18)7-17(11)6-8-3-4-9(15)5-10(8)14/h3-5,11H,2,6-7,15H2,1H3,(H,16,18,19). The highest BCUT2D eigenvalue weighted by Gasteiger charge is 2.32. The van der Waals surface area contributed by atoms with Gasteiger partial charge in [-0.15, -0.1) is 0 Å². The smallest absolute Gasteiger partial charge is 0.243 e. The van der Waals surface area contributed by atoms with Gasteiger partial charge in [0.25, 0.3) is 0 Å². The molecule has 0 radical (unpaired) electrons. The van der Waals surface area contributed by atoms with Gasteiger partial charge in [-0.25, -0.2) is 0 Å². The molecule has 1 aliphatic heterocycles. The van der Waals surface area contributed by atoms with Gasteiger partial charge in [0.15, 0.2) is 0 Å². The van der Waals surface area contributed by atoms with Gasteiger partial charge >= 0.3 is 0 Å². The molecule has 0 aromatic heterocycles. The molecular formula is C13H16BrN3O2. The minimum atomic E-state index is -0.262. The average molecular weight is 326 g/mol. The molecule has 6 heteroatoms. The maximum Gasteiger partial charge on any atom is 0.243 e. The van der Waals surface area contributed by atoms with Crippen LogP contribution >= 0.6 is 15.9 Å². The Bertz CT molecular complexity index is 519. The third-order valence-electron chi connectivity index (χ3n) is 3.19. The van der Waals surface area contributed by atoms with Gasteiger partial charge < -0.3 is 5.73 Å². The number of nitrogens with one attached hydrogen (secondary N) is 1. The van der Waals surface area contributed by atoms with Crippen molar-refractivity contribution in [3.8, 4) is 0 Å². The number of nitrogens with two attached hydrogens (primary N) is 1. The normalized spacial score (nSPS) is 20.4. The Balaban J connectivity index is 2.20. The van der Waals surface area contributed by atoms with Crippen LogP contribution in [0.2, 0.25) is 0 Å². The highest BCUT2D eigenvalue weighted by molar-refractivity contribution is 9.10. The lowest BCUT2D eigenvalue weighted by Gasteiger charge is -2.33. The van der Waals surface area contributed by atoms with E-state index in [1.807, 2.05) is 30.0 Å². The van der Waals surface area contributed by atoms with Crippen molar-refractivity contribution in [2.45, 2.75) is 25.9 Å². The van der Waals surface area contributed by atoms with Crippen LogP contribution in [0, 0.1) is 0 Å². The SMILES string of the molecule is CCC1C(=O)NC(=O)CN1Cc1ccc(N)cc1Br. The summed E-state index contributed by atoms with van der Waals surface area (Å²) in [5.41, 5.74) is 7.38. The van der Waals surface area contributed by atoms with Crippen LogP contribution in [0.1, 0.15) is 18.9 Å². The van der Waals surface area contributed by atoms with Crippen LogP contribution in [-0.4, -0.2) is 29.3 Å². The van der Waals surface area contributed by atoms with Gasteiger partial charge in [-0.05, 0) is 24.1 Å². The molecule has 1 unspecified atom stereocenters. The van der Waals surface area contributed by atoms with Gasteiger partial charge in [0.1, 0.15) is 0 Å². The van der Waals surface area contributed by atoms with Crippen molar-refractivity contribution in [2.24, 2.45) is 0 Å². The topological polar surface area (TPSA) is 75.4 Å². The molecular weight excluding hydrogens is 310 g/mol. The Kier molecular flexibility index (Phi) is 4.21. The number of nitrogens with zero attached hydrogens (tertiary/aromatic N) is 1. The third-order valence-corrected chi connectivity index (χ3v) is 3.93. The van der Waals surface area contributed by atoms with Crippen molar-refractivity contribution in [1.29, 1.82) is 0 Å². The lowest BCUT2D eigenvalue weighted by atomic mass is 10.1. The van der Waals surface area contributed by atoms with Gasteiger partial charge in [0.2, 0.25) is 11.8 Å². The van der Waals surface area contributed by atoms with Crippen LogP contribution in [0.4, 0.5) is 5.69 Å². The number of carbonyl (C=O) groups excluding carboxylic acids is 2. The fourth-order valence-electron chi connectivity index (χ4n) is 2.24. The second-order valence-corrected chi connectivity index (χ2v) is 5.45. The molecule has 2 rings (SSSR count). The molecule has 1 saturated heterocycles. The maximum atomic E-state index is 11.8. The van der Waals surface area contributed by atoms with Crippen LogP contribution in [0.25, 0.3) is 0 Å². The summed E-state index contributed by atoms with van der Waals surface area (Å²) >= 11 is 3.45. The van der Waals surface area contributed by atoms with E-state index in [4.69, 9.17) is 5.73 Å². The van der Waals surface area contributed by atoms with Crippen molar-refractivity contribution < 1.29 is 9.59 Å². The van der Waals surface area contributed by atoms with E-state index in [1.54, 1.807) is 0 Å². The molecule has 19 heavy (non-hydrogen) atoms. The molecule has 1 atom stereocenters. The van der Waals surface area contributed by atoms with E-state index in [2.05, 4.69) is 21.2 Å². The molecule has 1 heterocycles. The molecule has 102 valence electrons. The van der Waals surface area contributed by atoms with E-state index >= 15 is 0 Å². The van der Waals surface area contributed by atoms with Gasteiger partial charge in [0.05, 0.1) is 12.6 Å². The lowest BCUT2D eigenvalue weighted by molar-refractivity contribution is -0.140. The van der Waals surface area contributed by atoms with Gasteiger partial charge in [0, 0.05) is 16.7 Å². The summed E-state index contributed by atoms with van der Waals surface area (Å²) in [6.45, 7) is 2.71. The van der Waals surface area contributed by atoms with Crippen molar-refractivity contribution in [3.63, 3.8) is 0 Å². The summed E-state index contributed by atoms with van der Waals surface area (Å²) in [7, 11) is 0. The molecule has 1 aromatic carbocycles. The Morgan fingerprint density at radius 1 is 1.47 bits per heavy atom. The first-order valence-corrected chi connectivity index (χ1v) is 6.92. The summed E-state index contributed by atoms with van der Waals surface area (Å²) < 4.78 is 0.890. The van der Waals surface area contributed by atoms with E-state index in [9.17, 15) is 9.59 Å². The van der Waals surface area contributed by atoms with E-state index < -0.39 is 0 Å². The quantitative estimate of drug-likeness (QED) is 0.648. The second-order valence-electron chi connectivity index (χ2n) is 4.59. The fourth-order valence-corrected chi connectivity index (χ4v) is 2.76. The number of rotatable bonds is 3. The number of halogens is 1. The van der Waals surface area contributed by atoms with Crippen LogP contribution in [0.15, 0.2) is 22.7 Å². The van der Waals surface area contributed by atoms with Crippen molar-refractivity contribution >= 4 is 33.4 Å². The number of hydrogen-bond donors (Lipinski definition) is 2. The Morgan fingerprint density at radius 2 is 2.21 bits per heavy atom. The Hall–Kier alpha value is -1.40. The number of imide groups is 1. The number of nitrogen functional groups attached to an aromatic ring is 1. The highest BCUT2D eigenvalue weighted by atomic mass is 79.9. The van der Waals surface area contributed by atoms with E-state index in [-0.39, 0.29) is 24.4 Å². The summed E-state index contributed by atoms with van der Waals surface area (Å²) in [5, 5.41) is 2.37. The molecule has 0 aliphatic carbocycles. The van der Waals surface area contributed by atoms with Crippen molar-refractivity contribution in [3.05, 3.63) is 28.2 Å². The number of amides is 2. The van der Waals surface area contributed by atoms with Crippen LogP contribution < -0.4 is 11.1 Å². The molecule has 0 spiro atoms. The molecule has 1 aliphatic rings.